The van der Waals surface area contributed by atoms with Crippen LogP contribution >= 0.6 is 0 Å². The summed E-state index contributed by atoms with van der Waals surface area (Å²) in [6.07, 6.45) is 0.815. The first kappa shape index (κ1) is 14.2. The van der Waals surface area contributed by atoms with E-state index >= 15 is 0 Å². The van der Waals surface area contributed by atoms with Gasteiger partial charge >= 0.3 is 0 Å². The van der Waals surface area contributed by atoms with Crippen molar-refractivity contribution in [2.24, 2.45) is 0 Å². The highest BCUT2D eigenvalue weighted by Crippen LogP contribution is 2.12. The van der Waals surface area contributed by atoms with Gasteiger partial charge in [0.15, 0.2) is 11.5 Å². The highest BCUT2D eigenvalue weighted by molar-refractivity contribution is 5.92. The minimum Gasteiger partial charge on any atom is -0.494 e. The zero-order valence-electron chi connectivity index (χ0n) is 12.1. The second kappa shape index (κ2) is 6.32. The van der Waals surface area contributed by atoms with Crippen LogP contribution in [0.15, 0.2) is 24.3 Å². The van der Waals surface area contributed by atoms with Gasteiger partial charge in [0.05, 0.1) is 12.3 Å². The fraction of sp³-hybridized carbons (Fsp3) is 0.400. The van der Waals surface area contributed by atoms with Gasteiger partial charge in [-0.2, -0.15) is 0 Å². The van der Waals surface area contributed by atoms with E-state index in [1.807, 2.05) is 38.1 Å². The Morgan fingerprint density at radius 3 is 2.55 bits per heavy atom. The molecular weight excluding hydrogens is 254 g/mol. The lowest BCUT2D eigenvalue weighted by Gasteiger charge is -2.07. The Balaban J connectivity index is 1.81. The van der Waals surface area contributed by atoms with Crippen molar-refractivity contribution >= 4 is 5.78 Å². The van der Waals surface area contributed by atoms with Gasteiger partial charge < -0.3 is 4.74 Å². The smallest absolute Gasteiger partial charge is 0.181 e. The summed E-state index contributed by atoms with van der Waals surface area (Å²) in [4.78, 5) is 11.3. The van der Waals surface area contributed by atoms with Gasteiger partial charge in [-0.3, -0.25) is 4.79 Å². The number of ether oxygens (including phenoxy) is 1. The van der Waals surface area contributed by atoms with E-state index in [0.29, 0.717) is 18.8 Å². The quantitative estimate of drug-likeness (QED) is 0.599. The van der Waals surface area contributed by atoms with E-state index in [9.17, 15) is 4.79 Å². The van der Waals surface area contributed by atoms with Gasteiger partial charge in [-0.25, -0.2) is 4.68 Å². The topological polar surface area (TPSA) is 57.0 Å². The molecule has 1 aromatic heterocycles. The first-order valence-corrected chi connectivity index (χ1v) is 6.68. The van der Waals surface area contributed by atoms with Crippen LogP contribution in [0.1, 0.15) is 35.1 Å². The Kier molecular flexibility index (Phi) is 4.50. The Morgan fingerprint density at radius 1 is 1.25 bits per heavy atom. The lowest BCUT2D eigenvalue weighted by atomic mass is 10.2. The zero-order valence-corrected chi connectivity index (χ0v) is 12.1. The third-order valence-corrected chi connectivity index (χ3v) is 3.12. The van der Waals surface area contributed by atoms with Gasteiger partial charge in [-0.05, 0) is 26.0 Å². The second-order valence-electron chi connectivity index (χ2n) is 4.82. The largest absolute Gasteiger partial charge is 0.494 e. The van der Waals surface area contributed by atoms with Gasteiger partial charge in [-0.1, -0.05) is 22.9 Å². The van der Waals surface area contributed by atoms with E-state index in [1.165, 1.54) is 12.5 Å². The van der Waals surface area contributed by atoms with E-state index < -0.39 is 0 Å². The molecule has 20 heavy (non-hydrogen) atoms. The van der Waals surface area contributed by atoms with Crippen LogP contribution in [0.5, 0.6) is 5.75 Å². The summed E-state index contributed by atoms with van der Waals surface area (Å²) in [7, 11) is 0. The standard InChI is InChI=1S/C15H19N3O2/c1-11-5-7-14(8-6-11)20-10-4-9-18-12(2)15(13(3)19)16-17-18/h5-8H,4,9-10H2,1-3H3. The lowest BCUT2D eigenvalue weighted by Crippen LogP contribution is -2.08. The average Bonchev–Trinajstić information content (AvgIpc) is 2.78. The zero-order chi connectivity index (χ0) is 14.5. The molecule has 0 atom stereocenters. The van der Waals surface area contributed by atoms with Crippen LogP contribution in [0.25, 0.3) is 0 Å². The Morgan fingerprint density at radius 2 is 1.95 bits per heavy atom. The molecule has 0 aliphatic carbocycles. The van der Waals surface area contributed by atoms with Gasteiger partial charge in [0, 0.05) is 19.9 Å². The van der Waals surface area contributed by atoms with Crippen LogP contribution in [0.2, 0.25) is 0 Å². The van der Waals surface area contributed by atoms with Gasteiger partial charge in [0.2, 0.25) is 0 Å². The Labute approximate surface area is 118 Å². The molecular formula is C15H19N3O2. The average molecular weight is 273 g/mol. The number of aryl methyl sites for hydroxylation is 2. The summed E-state index contributed by atoms with van der Waals surface area (Å²) in [5, 5.41) is 7.87. The van der Waals surface area contributed by atoms with Gasteiger partial charge in [0.25, 0.3) is 0 Å². The molecule has 0 radical (unpaired) electrons. The Bertz CT molecular complexity index is 588. The summed E-state index contributed by atoms with van der Waals surface area (Å²) in [5.74, 6) is 0.819. The molecule has 0 amide bonds. The van der Waals surface area contributed by atoms with Crippen LogP contribution in [-0.4, -0.2) is 27.4 Å². The second-order valence-corrected chi connectivity index (χ2v) is 4.82. The molecule has 0 fully saturated rings. The number of rotatable bonds is 6. The van der Waals surface area contributed by atoms with E-state index in [1.54, 1.807) is 4.68 Å². The molecule has 0 unspecified atom stereocenters. The van der Waals surface area contributed by atoms with Gasteiger partial charge in [-0.15, -0.1) is 5.10 Å². The third-order valence-electron chi connectivity index (χ3n) is 3.12. The number of aromatic nitrogens is 3. The number of carbonyl (C=O) groups is 1. The molecule has 0 bridgehead atoms. The maximum atomic E-state index is 11.3. The minimum atomic E-state index is -0.0512. The number of hydrogen-bond acceptors (Lipinski definition) is 4. The molecule has 5 heteroatoms. The van der Waals surface area contributed by atoms with Crippen LogP contribution < -0.4 is 4.74 Å². The summed E-state index contributed by atoms with van der Waals surface area (Å²) >= 11 is 0. The van der Waals surface area contributed by atoms with Crippen molar-refractivity contribution in [1.29, 1.82) is 0 Å². The van der Waals surface area contributed by atoms with Crippen molar-refractivity contribution < 1.29 is 9.53 Å². The molecule has 2 aromatic rings. The molecule has 0 spiro atoms. The first-order valence-electron chi connectivity index (χ1n) is 6.68. The van der Waals surface area contributed by atoms with Crippen molar-refractivity contribution in [3.63, 3.8) is 0 Å². The molecule has 0 aliphatic heterocycles. The fourth-order valence-corrected chi connectivity index (χ4v) is 1.94. The first-order chi connectivity index (χ1) is 9.58. The van der Waals surface area contributed by atoms with Crippen molar-refractivity contribution in [3.05, 3.63) is 41.2 Å². The number of hydrogen-bond donors (Lipinski definition) is 0. The summed E-state index contributed by atoms with van der Waals surface area (Å²) in [6, 6.07) is 7.97. The van der Waals surface area contributed by atoms with Crippen molar-refractivity contribution in [2.75, 3.05) is 6.61 Å². The normalized spacial score (nSPS) is 10.6. The Hall–Kier alpha value is -2.17. The lowest BCUT2D eigenvalue weighted by molar-refractivity contribution is 0.101. The van der Waals surface area contributed by atoms with Crippen molar-refractivity contribution in [3.8, 4) is 5.75 Å². The van der Waals surface area contributed by atoms with Crippen LogP contribution in [-0.2, 0) is 6.54 Å². The molecule has 0 saturated carbocycles. The maximum absolute atomic E-state index is 11.3. The summed E-state index contributed by atoms with van der Waals surface area (Å²) in [6.45, 7) is 6.71. The van der Waals surface area contributed by atoms with Crippen LogP contribution in [0.4, 0.5) is 0 Å². The monoisotopic (exact) mass is 273 g/mol. The number of nitrogens with zero attached hydrogens (tertiary/aromatic N) is 3. The predicted molar refractivity (Wildman–Crippen MR) is 76.1 cm³/mol. The SMILES string of the molecule is CC(=O)c1nnn(CCCOc2ccc(C)cc2)c1C. The van der Waals surface area contributed by atoms with E-state index in [0.717, 1.165) is 17.9 Å². The molecule has 1 heterocycles. The number of carbonyl (C=O) groups excluding carboxylic acids is 1. The molecule has 0 N–H and O–H groups in total. The van der Waals surface area contributed by atoms with Crippen molar-refractivity contribution in [1.82, 2.24) is 15.0 Å². The molecule has 5 nitrogen and oxygen atoms in total. The van der Waals surface area contributed by atoms with E-state index in [-0.39, 0.29) is 5.78 Å². The molecule has 0 saturated heterocycles. The third kappa shape index (κ3) is 3.44. The highest BCUT2D eigenvalue weighted by atomic mass is 16.5. The molecule has 106 valence electrons. The van der Waals surface area contributed by atoms with Gasteiger partial charge in [0.1, 0.15) is 5.75 Å². The molecule has 1 aromatic carbocycles. The van der Waals surface area contributed by atoms with E-state index in [2.05, 4.69) is 10.3 Å². The molecule has 2 rings (SSSR count). The number of ketones is 1. The highest BCUT2D eigenvalue weighted by Gasteiger charge is 2.11. The molecule has 0 aliphatic rings. The minimum absolute atomic E-state index is 0.0512. The van der Waals surface area contributed by atoms with E-state index in [4.69, 9.17) is 4.74 Å². The van der Waals surface area contributed by atoms with Crippen molar-refractivity contribution in [2.45, 2.75) is 33.7 Å². The number of Topliss-reactive ketones (excluding diaryl/α,β-unsaturated/α-hetero) is 1. The fourth-order valence-electron chi connectivity index (χ4n) is 1.94. The maximum Gasteiger partial charge on any atom is 0.181 e. The summed E-state index contributed by atoms with van der Waals surface area (Å²) < 4.78 is 7.39. The summed E-state index contributed by atoms with van der Waals surface area (Å²) in [5.41, 5.74) is 2.48. The predicted octanol–water partition coefficient (Wildman–Crippen LogP) is 2.57. The van der Waals surface area contributed by atoms with Crippen LogP contribution in [0.3, 0.4) is 0 Å². The number of benzene rings is 1. The van der Waals surface area contributed by atoms with Crippen LogP contribution in [0, 0.1) is 13.8 Å².